The molecule has 3 heterocycles. The molecular formula is C18H26N4O2. The Morgan fingerprint density at radius 2 is 2.08 bits per heavy atom. The molecule has 0 radical (unpaired) electrons. The number of aromatic nitrogens is 1. The van der Waals surface area contributed by atoms with E-state index >= 15 is 0 Å². The van der Waals surface area contributed by atoms with Crippen LogP contribution in [-0.4, -0.2) is 66.5 Å². The van der Waals surface area contributed by atoms with Gasteiger partial charge in [-0.15, -0.1) is 0 Å². The van der Waals surface area contributed by atoms with Crippen molar-refractivity contribution < 1.29 is 9.21 Å². The molecular weight excluding hydrogens is 304 g/mol. The third-order valence-corrected chi connectivity index (χ3v) is 4.59. The van der Waals surface area contributed by atoms with Crippen LogP contribution in [-0.2, 0) is 0 Å². The second kappa shape index (κ2) is 7.32. The average Bonchev–Trinajstić information content (AvgIpc) is 2.97. The maximum Gasteiger partial charge on any atom is 0.287 e. The van der Waals surface area contributed by atoms with Gasteiger partial charge in [0.15, 0.2) is 11.3 Å². The van der Waals surface area contributed by atoms with Crippen molar-refractivity contribution in [2.75, 3.05) is 39.8 Å². The number of furan rings is 1. The third kappa shape index (κ3) is 4.13. The average molecular weight is 330 g/mol. The first-order valence-electron chi connectivity index (χ1n) is 8.60. The number of nitrogens with one attached hydrogen (secondary N) is 1. The van der Waals surface area contributed by atoms with E-state index in [1.807, 2.05) is 26.0 Å². The van der Waals surface area contributed by atoms with Gasteiger partial charge >= 0.3 is 0 Å². The van der Waals surface area contributed by atoms with Crippen molar-refractivity contribution in [1.29, 1.82) is 0 Å². The summed E-state index contributed by atoms with van der Waals surface area (Å²) >= 11 is 0. The van der Waals surface area contributed by atoms with Gasteiger partial charge in [0.2, 0.25) is 0 Å². The number of aryl methyl sites for hydroxylation is 1. The maximum absolute atomic E-state index is 12.4. The number of fused-ring (bicyclic) bond motifs is 1. The van der Waals surface area contributed by atoms with E-state index in [1.54, 1.807) is 6.07 Å². The van der Waals surface area contributed by atoms with Gasteiger partial charge in [-0.25, -0.2) is 4.98 Å². The van der Waals surface area contributed by atoms with Crippen molar-refractivity contribution in [3.63, 3.8) is 0 Å². The van der Waals surface area contributed by atoms with Gasteiger partial charge in [-0.1, -0.05) is 0 Å². The van der Waals surface area contributed by atoms with Crippen LogP contribution in [0.5, 0.6) is 0 Å². The molecule has 0 bridgehead atoms. The Labute approximate surface area is 142 Å². The second-order valence-electron chi connectivity index (χ2n) is 6.75. The fourth-order valence-electron chi connectivity index (χ4n) is 2.95. The third-order valence-electron chi connectivity index (χ3n) is 4.59. The van der Waals surface area contributed by atoms with Gasteiger partial charge in [0.05, 0.1) is 0 Å². The van der Waals surface area contributed by atoms with Crippen LogP contribution in [0.25, 0.3) is 11.1 Å². The Bertz CT molecular complexity index is 704. The summed E-state index contributed by atoms with van der Waals surface area (Å²) in [7, 11) is 2.16. The molecule has 1 aliphatic rings. The van der Waals surface area contributed by atoms with Gasteiger partial charge in [-0.05, 0) is 39.4 Å². The van der Waals surface area contributed by atoms with E-state index in [9.17, 15) is 4.79 Å². The largest absolute Gasteiger partial charge is 0.449 e. The van der Waals surface area contributed by atoms with E-state index < -0.39 is 0 Å². The molecule has 1 aliphatic heterocycles. The standard InChI is InChI=1S/C18H26N4O2/c1-13-4-5-16-15(19-13)12-17(24-16)18(23)20-14(2)6-7-22-10-8-21(3)9-11-22/h4-5,12,14H,6-11H2,1-3H3,(H,20,23). The number of nitrogens with zero attached hydrogens (tertiary/aromatic N) is 3. The summed E-state index contributed by atoms with van der Waals surface area (Å²) in [6, 6.07) is 5.56. The van der Waals surface area contributed by atoms with Crippen molar-refractivity contribution in [1.82, 2.24) is 20.1 Å². The summed E-state index contributed by atoms with van der Waals surface area (Å²) in [4.78, 5) is 21.5. The highest BCUT2D eigenvalue weighted by atomic mass is 16.3. The van der Waals surface area contributed by atoms with E-state index in [0.29, 0.717) is 11.3 Å². The van der Waals surface area contributed by atoms with Crippen molar-refractivity contribution in [3.05, 3.63) is 29.7 Å². The van der Waals surface area contributed by atoms with Crippen LogP contribution >= 0.6 is 0 Å². The number of pyridine rings is 1. The number of likely N-dealkylation sites (N-methyl/N-ethyl adjacent to an activating group) is 1. The molecule has 24 heavy (non-hydrogen) atoms. The fraction of sp³-hybridized carbons (Fsp3) is 0.556. The van der Waals surface area contributed by atoms with Crippen LogP contribution in [0.15, 0.2) is 22.6 Å². The topological polar surface area (TPSA) is 61.6 Å². The molecule has 6 heteroatoms. The number of rotatable bonds is 5. The van der Waals surface area contributed by atoms with Crippen molar-refractivity contribution in [3.8, 4) is 0 Å². The number of hydrogen-bond donors (Lipinski definition) is 1. The highest BCUT2D eigenvalue weighted by Gasteiger charge is 2.17. The lowest BCUT2D eigenvalue weighted by Gasteiger charge is -2.32. The van der Waals surface area contributed by atoms with E-state index in [-0.39, 0.29) is 11.9 Å². The molecule has 130 valence electrons. The van der Waals surface area contributed by atoms with Gasteiger partial charge in [0.1, 0.15) is 5.52 Å². The summed E-state index contributed by atoms with van der Waals surface area (Å²) < 4.78 is 5.60. The van der Waals surface area contributed by atoms with Crippen molar-refractivity contribution >= 4 is 17.0 Å². The molecule has 2 aromatic rings. The van der Waals surface area contributed by atoms with E-state index in [1.165, 1.54) is 0 Å². The molecule has 3 rings (SSSR count). The monoisotopic (exact) mass is 330 g/mol. The van der Waals surface area contributed by atoms with Crippen LogP contribution in [0.3, 0.4) is 0 Å². The Hall–Kier alpha value is -1.92. The summed E-state index contributed by atoms with van der Waals surface area (Å²) in [5.41, 5.74) is 2.29. The number of piperazine rings is 1. The Kier molecular flexibility index (Phi) is 5.16. The van der Waals surface area contributed by atoms with Gasteiger partial charge < -0.3 is 19.5 Å². The van der Waals surface area contributed by atoms with Gasteiger partial charge in [0.25, 0.3) is 5.91 Å². The van der Waals surface area contributed by atoms with Crippen molar-refractivity contribution in [2.24, 2.45) is 0 Å². The molecule has 1 unspecified atom stereocenters. The molecule has 0 aliphatic carbocycles. The zero-order valence-electron chi connectivity index (χ0n) is 14.7. The molecule has 1 amide bonds. The Morgan fingerprint density at radius 1 is 1.33 bits per heavy atom. The zero-order valence-corrected chi connectivity index (χ0v) is 14.7. The molecule has 2 aromatic heterocycles. The van der Waals surface area contributed by atoms with Crippen LogP contribution in [0, 0.1) is 6.92 Å². The molecule has 6 nitrogen and oxygen atoms in total. The number of carbonyl (C=O) groups is 1. The maximum atomic E-state index is 12.4. The normalized spacial score (nSPS) is 18.0. The number of amides is 1. The zero-order chi connectivity index (χ0) is 17.1. The Morgan fingerprint density at radius 3 is 2.83 bits per heavy atom. The lowest BCUT2D eigenvalue weighted by molar-refractivity contribution is 0.0906. The van der Waals surface area contributed by atoms with E-state index in [4.69, 9.17) is 4.42 Å². The first-order valence-corrected chi connectivity index (χ1v) is 8.60. The van der Waals surface area contributed by atoms with Crippen LogP contribution in [0.1, 0.15) is 29.6 Å². The van der Waals surface area contributed by atoms with E-state index in [2.05, 4.69) is 27.1 Å². The molecule has 0 spiro atoms. The summed E-state index contributed by atoms with van der Waals surface area (Å²) in [5.74, 6) is 0.158. The van der Waals surface area contributed by atoms with Crippen LogP contribution < -0.4 is 5.32 Å². The first-order chi connectivity index (χ1) is 11.5. The first kappa shape index (κ1) is 16.9. The quantitative estimate of drug-likeness (QED) is 0.907. The minimum absolute atomic E-state index is 0.111. The minimum atomic E-state index is -0.170. The van der Waals surface area contributed by atoms with Gasteiger partial charge in [-0.2, -0.15) is 0 Å². The van der Waals surface area contributed by atoms with Gasteiger partial charge in [0, 0.05) is 50.5 Å². The predicted molar refractivity (Wildman–Crippen MR) is 94.2 cm³/mol. The van der Waals surface area contributed by atoms with Crippen LogP contribution in [0.2, 0.25) is 0 Å². The Balaban J connectivity index is 1.51. The highest BCUT2D eigenvalue weighted by Crippen LogP contribution is 2.18. The molecule has 0 aromatic carbocycles. The van der Waals surface area contributed by atoms with Gasteiger partial charge in [-0.3, -0.25) is 4.79 Å². The smallest absolute Gasteiger partial charge is 0.287 e. The highest BCUT2D eigenvalue weighted by molar-refractivity contribution is 5.95. The fourth-order valence-corrected chi connectivity index (χ4v) is 2.95. The molecule has 1 fully saturated rings. The van der Waals surface area contributed by atoms with Crippen LogP contribution in [0.4, 0.5) is 0 Å². The lowest BCUT2D eigenvalue weighted by Crippen LogP contribution is -2.46. The second-order valence-corrected chi connectivity index (χ2v) is 6.75. The molecule has 1 saturated heterocycles. The van der Waals surface area contributed by atoms with Crippen molar-refractivity contribution in [2.45, 2.75) is 26.3 Å². The minimum Gasteiger partial charge on any atom is -0.449 e. The SMILES string of the molecule is Cc1ccc2oc(C(=O)NC(C)CCN3CCN(C)CC3)cc2n1. The predicted octanol–water partition coefficient (Wildman–Crippen LogP) is 1.89. The summed E-state index contributed by atoms with van der Waals surface area (Å²) in [5, 5.41) is 3.02. The molecule has 1 atom stereocenters. The summed E-state index contributed by atoms with van der Waals surface area (Å²) in [6.45, 7) is 9.41. The molecule has 0 saturated carbocycles. The lowest BCUT2D eigenvalue weighted by atomic mass is 10.2. The molecule has 1 N–H and O–H groups in total. The number of hydrogen-bond acceptors (Lipinski definition) is 5. The number of carbonyl (C=O) groups excluding carboxylic acids is 1. The summed E-state index contributed by atoms with van der Waals surface area (Å²) in [6.07, 6.45) is 0.938. The van der Waals surface area contributed by atoms with E-state index in [0.717, 1.165) is 50.4 Å².